The van der Waals surface area contributed by atoms with Crippen molar-refractivity contribution in [3.05, 3.63) is 41.1 Å². The van der Waals surface area contributed by atoms with Gasteiger partial charge >= 0.3 is 5.97 Å². The predicted octanol–water partition coefficient (Wildman–Crippen LogP) is 2.55. The molecule has 0 atom stereocenters. The first-order chi connectivity index (χ1) is 7.11. The van der Waals surface area contributed by atoms with Gasteiger partial charge in [0.25, 0.3) is 0 Å². The van der Waals surface area contributed by atoms with Crippen molar-refractivity contribution >= 4 is 16.9 Å². The van der Waals surface area contributed by atoms with Gasteiger partial charge in [-0.3, -0.25) is 0 Å². The number of rotatable bonds is 1. The van der Waals surface area contributed by atoms with E-state index in [0.717, 1.165) is 22.0 Å². The molecule has 0 unspecified atom stereocenters. The minimum Gasteiger partial charge on any atom is -0.477 e. The van der Waals surface area contributed by atoms with Crippen LogP contribution in [0.1, 0.15) is 21.6 Å². The number of aryl methyl sites for hydroxylation is 1. The highest BCUT2D eigenvalue weighted by atomic mass is 16.4. The van der Waals surface area contributed by atoms with Crippen LogP contribution in [0.15, 0.2) is 24.3 Å². The molecular formula is C12H11NO2. The van der Waals surface area contributed by atoms with Crippen LogP contribution in [-0.4, -0.2) is 16.1 Å². The zero-order valence-corrected chi connectivity index (χ0v) is 8.61. The van der Waals surface area contributed by atoms with Crippen LogP contribution in [0.3, 0.4) is 0 Å². The number of benzene rings is 1. The topological polar surface area (TPSA) is 50.2 Å². The zero-order valence-electron chi connectivity index (χ0n) is 8.61. The normalized spacial score (nSPS) is 10.5. The highest BCUT2D eigenvalue weighted by molar-refractivity contribution is 5.93. The lowest BCUT2D eigenvalue weighted by atomic mass is 10.0. The van der Waals surface area contributed by atoms with Gasteiger partial charge < -0.3 is 5.11 Å². The average Bonchev–Trinajstić information content (AvgIpc) is 2.23. The lowest BCUT2D eigenvalue weighted by Gasteiger charge is -2.07. The largest absolute Gasteiger partial charge is 0.477 e. The highest BCUT2D eigenvalue weighted by Gasteiger charge is 2.13. The number of nitrogens with zero attached hydrogens (tertiary/aromatic N) is 1. The fourth-order valence-electron chi connectivity index (χ4n) is 1.68. The second-order valence-electron chi connectivity index (χ2n) is 3.53. The van der Waals surface area contributed by atoms with E-state index in [-0.39, 0.29) is 5.69 Å². The molecule has 3 heteroatoms. The molecule has 0 bridgehead atoms. The van der Waals surface area contributed by atoms with Crippen LogP contribution in [0.4, 0.5) is 0 Å². The fourth-order valence-corrected chi connectivity index (χ4v) is 1.68. The Balaban J connectivity index is 2.88. The third-order valence-corrected chi connectivity index (χ3v) is 2.66. The zero-order chi connectivity index (χ0) is 11.0. The van der Waals surface area contributed by atoms with Gasteiger partial charge in [-0.15, -0.1) is 0 Å². The maximum absolute atomic E-state index is 11.0. The van der Waals surface area contributed by atoms with Gasteiger partial charge in [0.1, 0.15) is 0 Å². The van der Waals surface area contributed by atoms with E-state index >= 15 is 0 Å². The minimum atomic E-state index is -0.971. The third kappa shape index (κ3) is 1.46. The van der Waals surface area contributed by atoms with Crippen molar-refractivity contribution in [3.63, 3.8) is 0 Å². The summed E-state index contributed by atoms with van der Waals surface area (Å²) < 4.78 is 0. The number of hydrogen-bond acceptors (Lipinski definition) is 2. The Kier molecular flexibility index (Phi) is 2.15. The summed E-state index contributed by atoms with van der Waals surface area (Å²) in [5.74, 6) is -0.971. The smallest absolute Gasteiger partial charge is 0.354 e. The van der Waals surface area contributed by atoms with Crippen molar-refractivity contribution in [1.82, 2.24) is 4.98 Å². The number of hydrogen-bond donors (Lipinski definition) is 1. The van der Waals surface area contributed by atoms with Gasteiger partial charge in [-0.1, -0.05) is 18.2 Å². The van der Waals surface area contributed by atoms with Gasteiger partial charge in [-0.05, 0) is 31.0 Å². The molecule has 1 aromatic heterocycles. The van der Waals surface area contributed by atoms with Gasteiger partial charge in [0.15, 0.2) is 5.69 Å². The number of fused-ring (bicyclic) bond motifs is 1. The van der Waals surface area contributed by atoms with Crippen LogP contribution in [0.5, 0.6) is 0 Å². The molecule has 0 amide bonds. The third-order valence-electron chi connectivity index (χ3n) is 2.66. The lowest BCUT2D eigenvalue weighted by Crippen LogP contribution is -2.05. The molecule has 0 aliphatic heterocycles. The van der Waals surface area contributed by atoms with E-state index in [1.165, 1.54) is 0 Å². The number of aromatic nitrogens is 1. The Hall–Kier alpha value is -1.90. The molecule has 0 spiro atoms. The van der Waals surface area contributed by atoms with Crippen LogP contribution >= 0.6 is 0 Å². The van der Waals surface area contributed by atoms with Crippen LogP contribution in [-0.2, 0) is 0 Å². The van der Waals surface area contributed by atoms with E-state index in [2.05, 4.69) is 4.98 Å². The molecule has 0 fully saturated rings. The van der Waals surface area contributed by atoms with E-state index in [1.807, 2.05) is 31.2 Å². The Morgan fingerprint density at radius 3 is 2.53 bits per heavy atom. The summed E-state index contributed by atoms with van der Waals surface area (Å²) in [6.45, 7) is 3.71. The van der Waals surface area contributed by atoms with Crippen molar-refractivity contribution in [2.24, 2.45) is 0 Å². The van der Waals surface area contributed by atoms with Crippen LogP contribution in [0, 0.1) is 13.8 Å². The fraction of sp³-hybridized carbons (Fsp3) is 0.167. The van der Waals surface area contributed by atoms with E-state index in [9.17, 15) is 4.79 Å². The summed E-state index contributed by atoms with van der Waals surface area (Å²) in [4.78, 5) is 15.1. The summed E-state index contributed by atoms with van der Waals surface area (Å²) >= 11 is 0. The van der Waals surface area contributed by atoms with Crippen LogP contribution in [0.2, 0.25) is 0 Å². The quantitative estimate of drug-likeness (QED) is 0.771. The lowest BCUT2D eigenvalue weighted by molar-refractivity contribution is 0.0690. The molecule has 2 aromatic rings. The van der Waals surface area contributed by atoms with Crippen molar-refractivity contribution in [3.8, 4) is 0 Å². The van der Waals surface area contributed by atoms with Crippen molar-refractivity contribution in [2.45, 2.75) is 13.8 Å². The molecule has 15 heavy (non-hydrogen) atoms. The van der Waals surface area contributed by atoms with E-state index in [1.54, 1.807) is 6.92 Å². The predicted molar refractivity (Wildman–Crippen MR) is 58.2 cm³/mol. The van der Waals surface area contributed by atoms with Gasteiger partial charge in [0.2, 0.25) is 0 Å². The molecule has 2 rings (SSSR count). The number of carbonyl (C=O) groups is 1. The summed E-state index contributed by atoms with van der Waals surface area (Å²) in [5.41, 5.74) is 2.60. The Morgan fingerprint density at radius 2 is 1.87 bits per heavy atom. The van der Waals surface area contributed by atoms with E-state index < -0.39 is 5.97 Å². The number of carboxylic acid groups (broad SMARTS) is 1. The molecule has 0 saturated carbocycles. The van der Waals surface area contributed by atoms with Crippen molar-refractivity contribution in [1.29, 1.82) is 0 Å². The minimum absolute atomic E-state index is 0.145. The first-order valence-corrected chi connectivity index (χ1v) is 4.70. The standard InChI is InChI=1S/C12H11NO2/c1-7-8(2)11(12(14)15)13-10-6-4-3-5-9(7)10/h3-6H,1-2H3,(H,14,15). The molecule has 1 N–H and O–H groups in total. The molecule has 0 saturated heterocycles. The SMILES string of the molecule is Cc1c(C(=O)O)nc2ccccc2c1C. The number of carboxylic acids is 1. The van der Waals surface area contributed by atoms with Gasteiger partial charge in [-0.2, -0.15) is 0 Å². The van der Waals surface area contributed by atoms with Crippen LogP contribution < -0.4 is 0 Å². The van der Waals surface area contributed by atoms with E-state index in [0.29, 0.717) is 0 Å². The molecule has 1 aromatic carbocycles. The van der Waals surface area contributed by atoms with Crippen LogP contribution in [0.25, 0.3) is 10.9 Å². The first-order valence-electron chi connectivity index (χ1n) is 4.70. The molecule has 3 nitrogen and oxygen atoms in total. The monoisotopic (exact) mass is 201 g/mol. The Bertz CT molecular complexity index is 547. The van der Waals surface area contributed by atoms with Gasteiger partial charge in [-0.25, -0.2) is 9.78 Å². The van der Waals surface area contributed by atoms with E-state index in [4.69, 9.17) is 5.11 Å². The van der Waals surface area contributed by atoms with Gasteiger partial charge in [0.05, 0.1) is 5.52 Å². The van der Waals surface area contributed by atoms with Gasteiger partial charge in [0, 0.05) is 5.39 Å². The highest BCUT2D eigenvalue weighted by Crippen LogP contribution is 2.21. The summed E-state index contributed by atoms with van der Waals surface area (Å²) in [5, 5.41) is 10.0. The maximum Gasteiger partial charge on any atom is 0.354 e. The summed E-state index contributed by atoms with van der Waals surface area (Å²) in [7, 11) is 0. The number of para-hydroxylation sites is 1. The Labute approximate surface area is 87.4 Å². The summed E-state index contributed by atoms with van der Waals surface area (Å²) in [6, 6.07) is 7.57. The molecule has 0 aliphatic rings. The number of pyridine rings is 1. The second kappa shape index (κ2) is 3.35. The average molecular weight is 201 g/mol. The number of aromatic carboxylic acids is 1. The first kappa shape index (κ1) is 9.65. The molecule has 0 aliphatic carbocycles. The Morgan fingerprint density at radius 1 is 1.20 bits per heavy atom. The molecule has 76 valence electrons. The van der Waals surface area contributed by atoms with Crippen molar-refractivity contribution < 1.29 is 9.90 Å². The molecule has 0 radical (unpaired) electrons. The molecule has 1 heterocycles. The maximum atomic E-state index is 11.0. The summed E-state index contributed by atoms with van der Waals surface area (Å²) in [6.07, 6.45) is 0. The second-order valence-corrected chi connectivity index (χ2v) is 3.53. The van der Waals surface area contributed by atoms with Crippen molar-refractivity contribution in [2.75, 3.05) is 0 Å². The molecular weight excluding hydrogens is 190 g/mol.